The number of fused-ring (bicyclic) bond motifs is 1. The average molecular weight is 402 g/mol. The lowest BCUT2D eigenvalue weighted by atomic mass is 10.1. The Morgan fingerprint density at radius 3 is 2.60 bits per heavy atom. The van der Waals surface area contributed by atoms with Crippen LogP contribution < -0.4 is 14.8 Å². The van der Waals surface area contributed by atoms with Gasteiger partial charge < -0.3 is 19.2 Å². The third-order valence-corrected chi connectivity index (χ3v) is 4.87. The molecule has 0 saturated heterocycles. The number of benzene rings is 3. The van der Waals surface area contributed by atoms with Gasteiger partial charge in [-0.1, -0.05) is 19.1 Å². The fourth-order valence-electron chi connectivity index (χ4n) is 3.23. The number of hydrogen-bond donors (Lipinski definition) is 1. The van der Waals surface area contributed by atoms with E-state index in [9.17, 15) is 4.79 Å². The van der Waals surface area contributed by atoms with Crippen LogP contribution >= 0.6 is 0 Å². The van der Waals surface area contributed by atoms with E-state index in [2.05, 4.69) is 17.2 Å². The van der Waals surface area contributed by atoms with E-state index in [0.29, 0.717) is 28.6 Å². The molecule has 1 amide bonds. The van der Waals surface area contributed by atoms with Gasteiger partial charge in [0.2, 0.25) is 5.89 Å². The van der Waals surface area contributed by atoms with Gasteiger partial charge in [-0.05, 0) is 60.5 Å². The summed E-state index contributed by atoms with van der Waals surface area (Å²) in [5, 5.41) is 2.90. The highest BCUT2D eigenvalue weighted by Gasteiger charge is 2.13. The molecule has 1 heterocycles. The van der Waals surface area contributed by atoms with Crippen LogP contribution in [0.5, 0.6) is 11.5 Å². The van der Waals surface area contributed by atoms with Gasteiger partial charge in [0.05, 0.1) is 14.2 Å². The van der Waals surface area contributed by atoms with Crippen LogP contribution in [0, 0.1) is 0 Å². The number of aryl methyl sites for hydroxylation is 1. The number of amides is 1. The maximum absolute atomic E-state index is 12.7. The average Bonchev–Trinajstić information content (AvgIpc) is 3.22. The SMILES string of the molecule is CCc1ccc2oc(-c3cccc(NC(=O)c4ccc(OC)c(OC)c4)c3)nc2c1. The second-order valence-corrected chi connectivity index (χ2v) is 6.78. The Kier molecular flexibility index (Phi) is 5.39. The lowest BCUT2D eigenvalue weighted by molar-refractivity contribution is 0.102. The number of aromatic nitrogens is 1. The molecule has 0 aliphatic heterocycles. The molecular formula is C24H22N2O4. The number of oxazole rings is 1. The van der Waals surface area contributed by atoms with Crippen LogP contribution in [-0.2, 0) is 6.42 Å². The monoisotopic (exact) mass is 402 g/mol. The van der Waals surface area contributed by atoms with Crippen molar-refractivity contribution in [2.75, 3.05) is 19.5 Å². The number of rotatable bonds is 6. The van der Waals surface area contributed by atoms with Crippen molar-refractivity contribution in [1.29, 1.82) is 0 Å². The molecule has 4 aromatic rings. The molecule has 0 saturated carbocycles. The maximum Gasteiger partial charge on any atom is 0.255 e. The molecule has 1 N–H and O–H groups in total. The Balaban J connectivity index is 1.58. The van der Waals surface area contributed by atoms with E-state index in [4.69, 9.17) is 13.9 Å². The summed E-state index contributed by atoms with van der Waals surface area (Å²) in [4.78, 5) is 17.3. The van der Waals surface area contributed by atoms with E-state index in [1.165, 1.54) is 12.7 Å². The summed E-state index contributed by atoms with van der Waals surface area (Å²) >= 11 is 0. The molecule has 4 rings (SSSR count). The Morgan fingerprint density at radius 1 is 1.00 bits per heavy atom. The van der Waals surface area contributed by atoms with Crippen LogP contribution in [0.1, 0.15) is 22.8 Å². The Morgan fingerprint density at radius 2 is 1.83 bits per heavy atom. The molecule has 6 nitrogen and oxygen atoms in total. The van der Waals surface area contributed by atoms with Crippen LogP contribution in [0.25, 0.3) is 22.6 Å². The Labute approximate surface area is 174 Å². The van der Waals surface area contributed by atoms with Crippen molar-refractivity contribution < 1.29 is 18.7 Å². The fourth-order valence-corrected chi connectivity index (χ4v) is 3.23. The van der Waals surface area contributed by atoms with E-state index in [1.54, 1.807) is 25.3 Å². The summed E-state index contributed by atoms with van der Waals surface area (Å²) in [6.45, 7) is 2.10. The lowest BCUT2D eigenvalue weighted by Gasteiger charge is -2.10. The summed E-state index contributed by atoms with van der Waals surface area (Å²) in [6.07, 6.45) is 0.940. The molecule has 0 fully saturated rings. The molecule has 0 bridgehead atoms. The second-order valence-electron chi connectivity index (χ2n) is 6.78. The summed E-state index contributed by atoms with van der Waals surface area (Å²) in [7, 11) is 3.09. The molecule has 0 aliphatic rings. The second kappa shape index (κ2) is 8.29. The number of hydrogen-bond acceptors (Lipinski definition) is 5. The van der Waals surface area contributed by atoms with Gasteiger partial charge in [-0.3, -0.25) is 4.79 Å². The molecule has 1 aromatic heterocycles. The van der Waals surface area contributed by atoms with Crippen molar-refractivity contribution in [3.8, 4) is 23.0 Å². The van der Waals surface area contributed by atoms with Crippen LogP contribution in [0.4, 0.5) is 5.69 Å². The van der Waals surface area contributed by atoms with Gasteiger partial charge >= 0.3 is 0 Å². The molecule has 6 heteroatoms. The third kappa shape index (κ3) is 3.85. The Hall–Kier alpha value is -3.80. The first kappa shape index (κ1) is 19.5. The van der Waals surface area contributed by atoms with Crippen LogP contribution in [0.3, 0.4) is 0 Å². The van der Waals surface area contributed by atoms with Gasteiger partial charge in [0, 0.05) is 16.8 Å². The number of carbonyl (C=O) groups is 1. The smallest absolute Gasteiger partial charge is 0.255 e. The predicted octanol–water partition coefficient (Wildman–Crippen LogP) is 5.33. The highest BCUT2D eigenvalue weighted by Crippen LogP contribution is 2.29. The molecule has 30 heavy (non-hydrogen) atoms. The van der Waals surface area contributed by atoms with E-state index < -0.39 is 0 Å². The van der Waals surface area contributed by atoms with E-state index in [1.807, 2.05) is 42.5 Å². The van der Waals surface area contributed by atoms with Crippen molar-refractivity contribution in [2.24, 2.45) is 0 Å². The van der Waals surface area contributed by atoms with Gasteiger partial charge in [0.25, 0.3) is 5.91 Å². The van der Waals surface area contributed by atoms with Gasteiger partial charge in [0.15, 0.2) is 17.1 Å². The minimum absolute atomic E-state index is 0.252. The normalized spacial score (nSPS) is 10.8. The quantitative estimate of drug-likeness (QED) is 0.472. The lowest BCUT2D eigenvalue weighted by Crippen LogP contribution is -2.12. The van der Waals surface area contributed by atoms with Gasteiger partial charge in [0.1, 0.15) is 5.52 Å². The number of ether oxygens (including phenoxy) is 2. The van der Waals surface area contributed by atoms with Crippen molar-refractivity contribution in [3.63, 3.8) is 0 Å². The van der Waals surface area contributed by atoms with E-state index in [0.717, 1.165) is 23.1 Å². The van der Waals surface area contributed by atoms with Crippen molar-refractivity contribution in [1.82, 2.24) is 4.98 Å². The molecule has 0 aliphatic carbocycles. The molecule has 0 atom stereocenters. The largest absolute Gasteiger partial charge is 0.493 e. The number of carbonyl (C=O) groups excluding carboxylic acids is 1. The minimum atomic E-state index is -0.252. The maximum atomic E-state index is 12.7. The topological polar surface area (TPSA) is 73.6 Å². The number of nitrogens with one attached hydrogen (secondary N) is 1. The van der Waals surface area contributed by atoms with Crippen molar-refractivity contribution in [2.45, 2.75) is 13.3 Å². The number of nitrogens with zero attached hydrogens (tertiary/aromatic N) is 1. The summed E-state index contributed by atoms with van der Waals surface area (Å²) in [5.74, 6) is 1.33. The van der Waals surface area contributed by atoms with Crippen molar-refractivity contribution in [3.05, 3.63) is 71.8 Å². The zero-order valence-electron chi connectivity index (χ0n) is 17.1. The van der Waals surface area contributed by atoms with E-state index in [-0.39, 0.29) is 5.91 Å². The summed E-state index contributed by atoms with van der Waals surface area (Å²) < 4.78 is 16.4. The summed E-state index contributed by atoms with van der Waals surface area (Å²) in [5.41, 5.74) is 4.66. The highest BCUT2D eigenvalue weighted by atomic mass is 16.5. The molecule has 0 spiro atoms. The standard InChI is InChI=1S/C24H22N2O4/c1-4-15-8-10-20-19(12-15)26-24(30-20)17-6-5-7-18(13-17)25-23(27)16-9-11-21(28-2)22(14-16)29-3/h5-14H,4H2,1-3H3,(H,25,27). The van der Waals surface area contributed by atoms with Gasteiger partial charge in [-0.2, -0.15) is 0 Å². The van der Waals surface area contributed by atoms with E-state index >= 15 is 0 Å². The van der Waals surface area contributed by atoms with Crippen molar-refractivity contribution >= 4 is 22.7 Å². The van der Waals surface area contributed by atoms with Crippen LogP contribution in [0.15, 0.2) is 65.1 Å². The molecule has 152 valence electrons. The minimum Gasteiger partial charge on any atom is -0.493 e. The molecular weight excluding hydrogens is 380 g/mol. The third-order valence-electron chi connectivity index (χ3n) is 4.87. The van der Waals surface area contributed by atoms with Gasteiger partial charge in [-0.25, -0.2) is 4.98 Å². The zero-order valence-corrected chi connectivity index (χ0v) is 17.1. The molecule has 3 aromatic carbocycles. The highest BCUT2D eigenvalue weighted by molar-refractivity contribution is 6.04. The molecule has 0 radical (unpaired) electrons. The number of anilines is 1. The fraction of sp³-hybridized carbons (Fsp3) is 0.167. The first-order valence-electron chi connectivity index (χ1n) is 9.64. The number of methoxy groups -OCH3 is 2. The first-order chi connectivity index (χ1) is 14.6. The Bertz CT molecular complexity index is 1210. The predicted molar refractivity (Wildman–Crippen MR) is 116 cm³/mol. The zero-order chi connectivity index (χ0) is 21.1. The summed E-state index contributed by atoms with van der Waals surface area (Å²) in [6, 6.07) is 18.5. The van der Waals surface area contributed by atoms with Crippen LogP contribution in [-0.4, -0.2) is 25.1 Å². The molecule has 0 unspecified atom stereocenters. The van der Waals surface area contributed by atoms with Gasteiger partial charge in [-0.15, -0.1) is 0 Å². The first-order valence-corrected chi connectivity index (χ1v) is 9.64. The van der Waals surface area contributed by atoms with Crippen LogP contribution in [0.2, 0.25) is 0 Å².